The van der Waals surface area contributed by atoms with E-state index in [0.717, 1.165) is 42.6 Å². The molecule has 0 saturated carbocycles. The largest absolute Gasteiger partial charge is 0.493 e. The average molecular weight is 509 g/mol. The molecule has 0 bridgehead atoms. The molecule has 0 amide bonds. The Bertz CT molecular complexity index is 1070. The molecule has 0 fully saturated rings. The van der Waals surface area contributed by atoms with Gasteiger partial charge in [-0.2, -0.15) is 0 Å². The van der Waals surface area contributed by atoms with Gasteiger partial charge in [-0.05, 0) is 81.5 Å². The normalized spacial score (nSPS) is 12.0. The second kappa shape index (κ2) is 13.5. The van der Waals surface area contributed by atoms with Gasteiger partial charge in [-0.15, -0.1) is 0 Å². The Balaban J connectivity index is 2.32. The van der Waals surface area contributed by atoms with Crippen LogP contribution in [0.3, 0.4) is 0 Å². The number of rotatable bonds is 12. The van der Waals surface area contributed by atoms with Crippen LogP contribution in [0.15, 0.2) is 42.5 Å². The molecule has 5 nitrogen and oxygen atoms in total. The molecular formula is C32H44O5. The maximum absolute atomic E-state index is 12.9. The second-order valence-electron chi connectivity index (χ2n) is 11.4. The number of ether oxygens (including phenoxy) is 3. The highest BCUT2D eigenvalue weighted by Crippen LogP contribution is 2.38. The predicted octanol–water partition coefficient (Wildman–Crippen LogP) is 8.19. The van der Waals surface area contributed by atoms with Gasteiger partial charge in [0.05, 0.1) is 18.6 Å². The average Bonchev–Trinajstić information content (AvgIpc) is 2.82. The first kappa shape index (κ1) is 30.1. The van der Waals surface area contributed by atoms with Gasteiger partial charge in [0, 0.05) is 22.8 Å². The lowest BCUT2D eigenvalue weighted by molar-refractivity contribution is -0.143. The summed E-state index contributed by atoms with van der Waals surface area (Å²) in [6.45, 7) is 17.4. The number of hydrogen-bond acceptors (Lipinski definition) is 5. The van der Waals surface area contributed by atoms with Gasteiger partial charge >= 0.3 is 5.97 Å². The fraction of sp³-hybridized carbons (Fsp3) is 0.500. The lowest BCUT2D eigenvalue weighted by atomic mass is 9.85. The molecule has 0 aromatic heterocycles. The van der Waals surface area contributed by atoms with E-state index in [1.807, 2.05) is 12.1 Å². The third-order valence-corrected chi connectivity index (χ3v) is 5.81. The summed E-state index contributed by atoms with van der Waals surface area (Å²) in [5, 5.41) is 0. The lowest BCUT2D eigenvalue weighted by Gasteiger charge is -2.25. The van der Waals surface area contributed by atoms with E-state index in [4.69, 9.17) is 14.2 Å². The number of allylic oxidation sites excluding steroid dienone is 1. The minimum Gasteiger partial charge on any atom is -0.493 e. The van der Waals surface area contributed by atoms with Crippen LogP contribution in [0.4, 0.5) is 0 Å². The summed E-state index contributed by atoms with van der Waals surface area (Å²) in [4.78, 5) is 25.1. The Labute approximate surface area is 223 Å². The molecule has 2 aromatic carbocycles. The summed E-state index contributed by atoms with van der Waals surface area (Å²) in [5.74, 6) is 1.49. The van der Waals surface area contributed by atoms with Gasteiger partial charge in [-0.25, -0.2) is 0 Å². The van der Waals surface area contributed by atoms with E-state index in [-0.39, 0.29) is 17.2 Å². The molecule has 0 unspecified atom stereocenters. The van der Waals surface area contributed by atoms with E-state index in [9.17, 15) is 9.59 Å². The highest BCUT2D eigenvalue weighted by molar-refractivity contribution is 6.07. The van der Waals surface area contributed by atoms with Crippen molar-refractivity contribution < 1.29 is 23.8 Å². The Hall–Kier alpha value is -3.08. The smallest absolute Gasteiger partial charge is 0.316 e. The SMILES string of the molecule is CCCCOc1cc(OCCCC)c(C(C)(C)C)cc1C=CC(=O)c1ccc(OC(=O)C(C)(C)C)cc1. The molecule has 0 aliphatic rings. The van der Waals surface area contributed by atoms with Crippen molar-refractivity contribution in [2.75, 3.05) is 13.2 Å². The molecule has 0 saturated heterocycles. The zero-order valence-corrected chi connectivity index (χ0v) is 23.9. The fourth-order valence-corrected chi connectivity index (χ4v) is 3.40. The zero-order chi connectivity index (χ0) is 27.6. The second-order valence-corrected chi connectivity index (χ2v) is 11.4. The van der Waals surface area contributed by atoms with Gasteiger partial charge in [-0.1, -0.05) is 47.5 Å². The van der Waals surface area contributed by atoms with Crippen LogP contribution in [0.1, 0.15) is 103 Å². The molecular weight excluding hydrogens is 464 g/mol. The molecule has 5 heteroatoms. The minimum atomic E-state index is -0.601. The van der Waals surface area contributed by atoms with Gasteiger partial charge in [-0.3, -0.25) is 9.59 Å². The van der Waals surface area contributed by atoms with Crippen molar-refractivity contribution in [2.24, 2.45) is 5.41 Å². The highest BCUT2D eigenvalue weighted by atomic mass is 16.5. The van der Waals surface area contributed by atoms with Crippen molar-refractivity contribution >= 4 is 17.8 Å². The number of esters is 1. The summed E-state index contributed by atoms with van der Waals surface area (Å²) in [6, 6.07) is 10.7. The molecule has 0 aliphatic carbocycles. The first-order valence-electron chi connectivity index (χ1n) is 13.4. The Morgan fingerprint density at radius 2 is 1.38 bits per heavy atom. The Kier molecular flexibility index (Phi) is 11.0. The van der Waals surface area contributed by atoms with Gasteiger partial charge < -0.3 is 14.2 Å². The molecule has 202 valence electrons. The maximum Gasteiger partial charge on any atom is 0.316 e. The van der Waals surface area contributed by atoms with E-state index >= 15 is 0 Å². The van der Waals surface area contributed by atoms with Crippen LogP contribution < -0.4 is 14.2 Å². The van der Waals surface area contributed by atoms with Crippen molar-refractivity contribution in [1.29, 1.82) is 0 Å². The van der Waals surface area contributed by atoms with Crippen LogP contribution in [-0.2, 0) is 10.2 Å². The van der Waals surface area contributed by atoms with Crippen LogP contribution in [0.5, 0.6) is 17.2 Å². The summed E-state index contributed by atoms with van der Waals surface area (Å²) in [5.41, 5.74) is 1.68. The Morgan fingerprint density at radius 1 is 0.811 bits per heavy atom. The van der Waals surface area contributed by atoms with E-state index < -0.39 is 5.41 Å². The van der Waals surface area contributed by atoms with E-state index in [1.54, 1.807) is 51.1 Å². The van der Waals surface area contributed by atoms with Crippen LogP contribution in [-0.4, -0.2) is 25.0 Å². The topological polar surface area (TPSA) is 61.8 Å². The van der Waals surface area contributed by atoms with Crippen LogP contribution in [0.2, 0.25) is 0 Å². The Morgan fingerprint density at radius 3 is 1.89 bits per heavy atom. The maximum atomic E-state index is 12.9. The molecule has 0 heterocycles. The number of unbranched alkanes of at least 4 members (excludes halogenated alkanes) is 2. The summed E-state index contributed by atoms with van der Waals surface area (Å²) in [6.07, 6.45) is 7.39. The number of carbonyl (C=O) groups is 2. The van der Waals surface area contributed by atoms with Crippen LogP contribution >= 0.6 is 0 Å². The van der Waals surface area contributed by atoms with Gasteiger partial charge in [0.15, 0.2) is 5.78 Å². The first-order valence-corrected chi connectivity index (χ1v) is 13.4. The standard InChI is InChI=1S/C32H44O5/c1-9-11-19-35-28-22-29(36-20-12-10-2)26(31(3,4)5)21-24(28)15-18-27(33)23-13-16-25(17-14-23)37-30(34)32(6,7)8/h13-18,21-22H,9-12,19-20H2,1-8H3. The van der Waals surface area contributed by atoms with Crippen molar-refractivity contribution in [3.63, 3.8) is 0 Å². The van der Waals surface area contributed by atoms with Crippen molar-refractivity contribution in [3.05, 3.63) is 59.2 Å². The summed E-state index contributed by atoms with van der Waals surface area (Å²) >= 11 is 0. The van der Waals surface area contributed by atoms with Gasteiger partial charge in [0.1, 0.15) is 17.2 Å². The number of hydrogen-bond donors (Lipinski definition) is 0. The van der Waals surface area contributed by atoms with Crippen LogP contribution in [0, 0.1) is 5.41 Å². The summed E-state index contributed by atoms with van der Waals surface area (Å²) in [7, 11) is 0. The molecule has 37 heavy (non-hydrogen) atoms. The molecule has 2 rings (SSSR count). The molecule has 0 spiro atoms. The summed E-state index contributed by atoms with van der Waals surface area (Å²) < 4.78 is 17.7. The monoisotopic (exact) mass is 508 g/mol. The number of ketones is 1. The molecule has 0 radical (unpaired) electrons. The molecule has 0 atom stereocenters. The first-order chi connectivity index (χ1) is 17.4. The highest BCUT2D eigenvalue weighted by Gasteiger charge is 2.24. The van der Waals surface area contributed by atoms with E-state index in [2.05, 4.69) is 40.7 Å². The third kappa shape index (κ3) is 9.38. The minimum absolute atomic E-state index is 0.142. The molecule has 0 aliphatic heterocycles. The fourth-order valence-electron chi connectivity index (χ4n) is 3.40. The lowest BCUT2D eigenvalue weighted by Crippen LogP contribution is -2.25. The van der Waals surface area contributed by atoms with Crippen molar-refractivity contribution in [3.8, 4) is 17.2 Å². The van der Waals surface area contributed by atoms with Crippen molar-refractivity contribution in [1.82, 2.24) is 0 Å². The van der Waals surface area contributed by atoms with Gasteiger partial charge in [0.2, 0.25) is 0 Å². The third-order valence-electron chi connectivity index (χ3n) is 5.81. The van der Waals surface area contributed by atoms with Gasteiger partial charge in [0.25, 0.3) is 0 Å². The van der Waals surface area contributed by atoms with E-state index in [0.29, 0.717) is 30.3 Å². The van der Waals surface area contributed by atoms with E-state index in [1.165, 1.54) is 0 Å². The van der Waals surface area contributed by atoms with Crippen molar-refractivity contribution in [2.45, 2.75) is 86.5 Å². The van der Waals surface area contributed by atoms with Crippen LogP contribution in [0.25, 0.3) is 6.08 Å². The molecule has 2 aromatic rings. The quantitative estimate of drug-likeness (QED) is 0.0951. The zero-order valence-electron chi connectivity index (χ0n) is 23.9. The molecule has 0 N–H and O–H groups in total. The number of benzene rings is 2. The predicted molar refractivity (Wildman–Crippen MR) is 151 cm³/mol. The number of carbonyl (C=O) groups excluding carboxylic acids is 2.